The largest absolute Gasteiger partial charge is 0.332 e. The number of sulfonamides is 1. The third-order valence-electron chi connectivity index (χ3n) is 4.15. The third-order valence-corrected chi connectivity index (χ3v) is 6.67. The van der Waals surface area contributed by atoms with Crippen LogP contribution >= 0.6 is 23.6 Å². The van der Waals surface area contributed by atoms with Crippen LogP contribution in [-0.4, -0.2) is 26.0 Å². The summed E-state index contributed by atoms with van der Waals surface area (Å²) in [6.45, 7) is 0.307. The molecule has 0 fully saturated rings. The molecule has 3 N–H and O–H groups in total. The van der Waals surface area contributed by atoms with Gasteiger partial charge in [0.25, 0.3) is 0 Å². The van der Waals surface area contributed by atoms with Crippen molar-refractivity contribution < 1.29 is 13.2 Å². The Kier molecular flexibility index (Phi) is 8.07. The standard InChI is InChI=1S/C22H21N3O3S3/c26-21(13-10-19-7-4-16-30-19)25-22(29)24-18-8-11-20(12-9-18)31(27,28)23-15-14-17-5-2-1-3-6-17/h1-13,16,23H,14-15H2,(H2,24,25,26,29)/b13-10+. The van der Waals surface area contributed by atoms with Gasteiger partial charge in [0.2, 0.25) is 15.9 Å². The molecule has 0 radical (unpaired) electrons. The van der Waals surface area contributed by atoms with E-state index in [9.17, 15) is 13.2 Å². The van der Waals surface area contributed by atoms with E-state index in [1.54, 1.807) is 18.2 Å². The lowest BCUT2D eigenvalue weighted by molar-refractivity contribution is -0.115. The van der Waals surface area contributed by atoms with Gasteiger partial charge in [0.1, 0.15) is 0 Å². The molecule has 6 nitrogen and oxygen atoms in total. The average molecular weight is 472 g/mol. The Bertz CT molecular complexity index is 1140. The lowest BCUT2D eigenvalue weighted by atomic mass is 10.2. The Hall–Kier alpha value is -2.85. The van der Waals surface area contributed by atoms with Gasteiger partial charge in [-0.2, -0.15) is 0 Å². The van der Waals surface area contributed by atoms with Crippen molar-refractivity contribution in [2.45, 2.75) is 11.3 Å². The second kappa shape index (κ2) is 11.0. The summed E-state index contributed by atoms with van der Waals surface area (Å²) >= 11 is 6.66. The summed E-state index contributed by atoms with van der Waals surface area (Å²) in [5.74, 6) is -0.354. The second-order valence-corrected chi connectivity index (χ2v) is 9.60. The highest BCUT2D eigenvalue weighted by Gasteiger charge is 2.13. The zero-order valence-electron chi connectivity index (χ0n) is 16.4. The minimum Gasteiger partial charge on any atom is -0.332 e. The molecule has 0 atom stereocenters. The van der Waals surface area contributed by atoms with E-state index in [2.05, 4.69) is 15.4 Å². The van der Waals surface area contributed by atoms with E-state index in [0.29, 0.717) is 18.7 Å². The van der Waals surface area contributed by atoms with Crippen LogP contribution in [0, 0.1) is 0 Å². The normalized spacial score (nSPS) is 11.4. The molecule has 0 spiro atoms. The first-order chi connectivity index (χ1) is 14.9. The molecule has 1 aromatic heterocycles. The van der Waals surface area contributed by atoms with Crippen LogP contribution in [0.25, 0.3) is 6.08 Å². The van der Waals surface area contributed by atoms with Gasteiger partial charge in [-0.1, -0.05) is 36.4 Å². The average Bonchev–Trinajstić information content (AvgIpc) is 3.27. The number of nitrogens with one attached hydrogen (secondary N) is 3. The lowest BCUT2D eigenvalue weighted by Gasteiger charge is -2.10. The third kappa shape index (κ3) is 7.41. The topological polar surface area (TPSA) is 87.3 Å². The number of carbonyl (C=O) groups excluding carboxylic acids is 1. The highest BCUT2D eigenvalue weighted by Crippen LogP contribution is 2.14. The quantitative estimate of drug-likeness (QED) is 0.344. The van der Waals surface area contributed by atoms with Crippen molar-refractivity contribution in [3.63, 3.8) is 0 Å². The van der Waals surface area contributed by atoms with Crippen molar-refractivity contribution in [1.29, 1.82) is 0 Å². The van der Waals surface area contributed by atoms with Crippen molar-refractivity contribution in [3.8, 4) is 0 Å². The van der Waals surface area contributed by atoms with E-state index in [0.717, 1.165) is 10.4 Å². The molecule has 3 rings (SSSR count). The Balaban J connectivity index is 1.49. The van der Waals surface area contributed by atoms with Crippen LogP contribution < -0.4 is 15.4 Å². The molecule has 1 amide bonds. The van der Waals surface area contributed by atoms with Gasteiger partial charge >= 0.3 is 0 Å². The zero-order chi connectivity index (χ0) is 22.1. The molecule has 0 aliphatic rings. The molecule has 0 unspecified atom stereocenters. The number of carbonyl (C=O) groups is 1. The number of rotatable bonds is 8. The summed E-state index contributed by atoms with van der Waals surface area (Å²) < 4.78 is 27.5. The van der Waals surface area contributed by atoms with Crippen LogP contribution in [0.3, 0.4) is 0 Å². The predicted octanol–water partition coefficient (Wildman–Crippen LogP) is 3.80. The van der Waals surface area contributed by atoms with E-state index in [4.69, 9.17) is 12.2 Å². The summed E-state index contributed by atoms with van der Waals surface area (Å²) in [7, 11) is -3.61. The van der Waals surface area contributed by atoms with E-state index in [1.165, 1.54) is 29.5 Å². The van der Waals surface area contributed by atoms with Crippen LogP contribution in [-0.2, 0) is 21.2 Å². The molecule has 31 heavy (non-hydrogen) atoms. The number of hydrogen-bond donors (Lipinski definition) is 3. The Labute approximate surface area is 191 Å². The molecule has 0 saturated heterocycles. The fraction of sp³-hybridized carbons (Fsp3) is 0.0909. The van der Waals surface area contributed by atoms with Gasteiger partial charge in [-0.15, -0.1) is 11.3 Å². The van der Waals surface area contributed by atoms with Crippen LogP contribution in [0.1, 0.15) is 10.4 Å². The molecule has 3 aromatic rings. The van der Waals surface area contributed by atoms with E-state index in [1.807, 2.05) is 47.8 Å². The molecular weight excluding hydrogens is 450 g/mol. The molecule has 0 aliphatic carbocycles. The van der Waals surface area contributed by atoms with Crippen molar-refractivity contribution in [3.05, 3.63) is 88.6 Å². The number of thiophene rings is 1. The van der Waals surface area contributed by atoms with Crippen LogP contribution in [0.5, 0.6) is 0 Å². The Morgan fingerprint density at radius 3 is 2.42 bits per heavy atom. The van der Waals surface area contributed by atoms with Crippen molar-refractivity contribution in [2.24, 2.45) is 0 Å². The molecule has 0 saturated carbocycles. The monoisotopic (exact) mass is 471 g/mol. The molecule has 0 aliphatic heterocycles. The molecule has 0 bridgehead atoms. The first kappa shape index (κ1) is 22.8. The molecule has 2 aromatic carbocycles. The summed E-state index contributed by atoms with van der Waals surface area (Å²) in [6, 6.07) is 19.6. The molecule has 9 heteroatoms. The van der Waals surface area contributed by atoms with Gasteiger partial charge in [-0.3, -0.25) is 10.1 Å². The van der Waals surface area contributed by atoms with Gasteiger partial charge in [0, 0.05) is 23.2 Å². The van der Waals surface area contributed by atoms with Gasteiger partial charge in [0.05, 0.1) is 4.90 Å². The maximum Gasteiger partial charge on any atom is 0.250 e. The van der Waals surface area contributed by atoms with Gasteiger partial charge in [0.15, 0.2) is 5.11 Å². The first-order valence-corrected chi connectivity index (χ1v) is 12.2. The Morgan fingerprint density at radius 1 is 1.00 bits per heavy atom. The van der Waals surface area contributed by atoms with Crippen LogP contribution in [0.15, 0.2) is 83.1 Å². The van der Waals surface area contributed by atoms with Crippen molar-refractivity contribution in [1.82, 2.24) is 10.0 Å². The van der Waals surface area contributed by atoms with Crippen LogP contribution in [0.2, 0.25) is 0 Å². The Morgan fingerprint density at radius 2 is 1.74 bits per heavy atom. The molecule has 160 valence electrons. The van der Waals surface area contributed by atoms with Crippen molar-refractivity contribution in [2.75, 3.05) is 11.9 Å². The number of thiocarbonyl (C=S) groups is 1. The summed E-state index contributed by atoms with van der Waals surface area (Å²) in [4.78, 5) is 13.0. The predicted molar refractivity (Wildman–Crippen MR) is 129 cm³/mol. The SMILES string of the molecule is O=C(/C=C/c1cccs1)NC(=S)Nc1ccc(S(=O)(=O)NCCc2ccccc2)cc1. The van der Waals surface area contributed by atoms with Crippen molar-refractivity contribution >= 4 is 56.4 Å². The minimum atomic E-state index is -3.61. The maximum absolute atomic E-state index is 12.4. The smallest absolute Gasteiger partial charge is 0.250 e. The van der Waals surface area contributed by atoms with Gasteiger partial charge in [-0.25, -0.2) is 13.1 Å². The summed E-state index contributed by atoms with van der Waals surface area (Å²) in [5, 5.41) is 7.46. The molecular formula is C22H21N3O3S3. The van der Waals surface area contributed by atoms with E-state index in [-0.39, 0.29) is 15.9 Å². The minimum absolute atomic E-state index is 0.123. The number of amides is 1. The first-order valence-electron chi connectivity index (χ1n) is 9.39. The number of anilines is 1. The zero-order valence-corrected chi connectivity index (χ0v) is 18.9. The molecule has 1 heterocycles. The summed E-state index contributed by atoms with van der Waals surface area (Å²) in [6.07, 6.45) is 3.71. The number of hydrogen-bond acceptors (Lipinski definition) is 5. The van der Waals surface area contributed by atoms with Gasteiger partial charge in [-0.05, 0) is 66.0 Å². The maximum atomic E-state index is 12.4. The fourth-order valence-electron chi connectivity index (χ4n) is 2.63. The summed E-state index contributed by atoms with van der Waals surface area (Å²) in [5.41, 5.74) is 1.63. The highest BCUT2D eigenvalue weighted by molar-refractivity contribution is 7.89. The van der Waals surface area contributed by atoms with E-state index < -0.39 is 10.0 Å². The number of benzene rings is 2. The lowest BCUT2D eigenvalue weighted by Crippen LogP contribution is -2.32. The van der Waals surface area contributed by atoms with Gasteiger partial charge < -0.3 is 5.32 Å². The highest BCUT2D eigenvalue weighted by atomic mass is 32.2. The van der Waals surface area contributed by atoms with E-state index >= 15 is 0 Å². The fourth-order valence-corrected chi connectivity index (χ4v) is 4.50. The van der Waals surface area contributed by atoms with Crippen LogP contribution in [0.4, 0.5) is 5.69 Å². The second-order valence-electron chi connectivity index (χ2n) is 6.45.